The van der Waals surface area contributed by atoms with Crippen molar-refractivity contribution in [3.63, 3.8) is 0 Å². The van der Waals surface area contributed by atoms with Gasteiger partial charge in [0.25, 0.3) is 0 Å². The third kappa shape index (κ3) is 32.8. The fraction of sp³-hybridized carbons (Fsp3) is 0.692. The number of esters is 2. The smallest absolute Gasteiger partial charge is 0.306 e. The Labute approximate surface area is 275 Å². The summed E-state index contributed by atoms with van der Waals surface area (Å²) in [5, 5.41) is 19.2. The summed E-state index contributed by atoms with van der Waals surface area (Å²) >= 11 is 0. The number of aliphatic hydroxyl groups excluding tert-OH is 2. The minimum absolute atomic E-state index is 0.101. The molecule has 0 radical (unpaired) electrons. The van der Waals surface area contributed by atoms with Gasteiger partial charge >= 0.3 is 11.9 Å². The lowest BCUT2D eigenvalue weighted by molar-refractivity contribution is -0.161. The predicted molar refractivity (Wildman–Crippen MR) is 188 cm³/mol. The topological polar surface area (TPSA) is 93.1 Å². The third-order valence-corrected chi connectivity index (χ3v) is 7.33. The number of carbonyl (C=O) groups is 2. The first kappa shape index (κ1) is 42.6. The van der Waals surface area contributed by atoms with Gasteiger partial charge in [0.15, 0.2) is 6.10 Å². The Kier molecular flexibility index (Phi) is 31.2. The molecule has 6 nitrogen and oxygen atoms in total. The van der Waals surface area contributed by atoms with Crippen LogP contribution in [0.1, 0.15) is 143 Å². The summed E-state index contributed by atoms with van der Waals surface area (Å²) in [7, 11) is 0. The van der Waals surface area contributed by atoms with Crippen molar-refractivity contribution in [3.05, 3.63) is 60.8 Å². The minimum Gasteiger partial charge on any atom is -0.462 e. The Morgan fingerprint density at radius 2 is 1.27 bits per heavy atom. The van der Waals surface area contributed by atoms with E-state index < -0.39 is 12.2 Å². The molecule has 0 rings (SSSR count). The second-order valence-corrected chi connectivity index (χ2v) is 12.2. The van der Waals surface area contributed by atoms with Gasteiger partial charge in [0.1, 0.15) is 6.61 Å². The van der Waals surface area contributed by atoms with E-state index in [0.717, 1.165) is 50.9 Å². The monoisotopic (exact) mass is 630 g/mol. The third-order valence-electron chi connectivity index (χ3n) is 7.33. The molecule has 0 aromatic carbocycles. The fourth-order valence-electron chi connectivity index (χ4n) is 4.62. The molecule has 0 amide bonds. The number of aliphatic hydroxyl groups is 2. The summed E-state index contributed by atoms with van der Waals surface area (Å²) in [5.74, 6) is 0.130. The van der Waals surface area contributed by atoms with Gasteiger partial charge in [-0.1, -0.05) is 146 Å². The van der Waals surface area contributed by atoms with Crippen molar-refractivity contribution in [2.24, 2.45) is 5.92 Å². The highest BCUT2D eigenvalue weighted by molar-refractivity contribution is 5.70. The Morgan fingerprint density at radius 3 is 1.91 bits per heavy atom. The lowest BCUT2D eigenvalue weighted by Crippen LogP contribution is -2.28. The van der Waals surface area contributed by atoms with Crippen molar-refractivity contribution >= 4 is 11.9 Å². The van der Waals surface area contributed by atoms with Gasteiger partial charge in [-0.2, -0.15) is 0 Å². The Hall–Kier alpha value is -2.44. The molecule has 0 saturated carbocycles. The lowest BCUT2D eigenvalue weighted by atomic mass is 10.0. The van der Waals surface area contributed by atoms with E-state index in [-0.39, 0.29) is 31.6 Å². The van der Waals surface area contributed by atoms with Gasteiger partial charge in [-0.15, -0.1) is 0 Å². The number of hydrogen-bond donors (Lipinski definition) is 2. The van der Waals surface area contributed by atoms with Crippen molar-refractivity contribution in [1.29, 1.82) is 0 Å². The maximum atomic E-state index is 12.1. The van der Waals surface area contributed by atoms with Gasteiger partial charge in [0.2, 0.25) is 0 Å². The van der Waals surface area contributed by atoms with Crippen LogP contribution in [0.25, 0.3) is 0 Å². The van der Waals surface area contributed by atoms with Gasteiger partial charge in [0.05, 0.1) is 12.7 Å². The van der Waals surface area contributed by atoms with Crippen molar-refractivity contribution in [3.8, 4) is 0 Å². The highest BCUT2D eigenvalue weighted by Crippen LogP contribution is 2.14. The van der Waals surface area contributed by atoms with Crippen LogP contribution in [-0.4, -0.2) is 47.6 Å². The van der Waals surface area contributed by atoms with Crippen LogP contribution in [0.4, 0.5) is 0 Å². The van der Waals surface area contributed by atoms with Crippen LogP contribution in [0, 0.1) is 5.92 Å². The number of allylic oxidation sites excluding steroid dienone is 8. The van der Waals surface area contributed by atoms with Crippen LogP contribution < -0.4 is 0 Å². The van der Waals surface area contributed by atoms with E-state index in [1.54, 1.807) is 0 Å². The van der Waals surface area contributed by atoms with Gasteiger partial charge in [0, 0.05) is 12.8 Å². The summed E-state index contributed by atoms with van der Waals surface area (Å²) in [4.78, 5) is 24.1. The second kappa shape index (κ2) is 32.9. The fourth-order valence-corrected chi connectivity index (χ4v) is 4.62. The molecular formula is C39H66O6. The zero-order chi connectivity index (χ0) is 33.2. The quantitative estimate of drug-likeness (QED) is 0.0355. The van der Waals surface area contributed by atoms with Crippen LogP contribution in [0.5, 0.6) is 0 Å². The van der Waals surface area contributed by atoms with Crippen LogP contribution in [0.2, 0.25) is 0 Å². The highest BCUT2D eigenvalue weighted by Gasteiger charge is 2.15. The molecule has 45 heavy (non-hydrogen) atoms. The van der Waals surface area contributed by atoms with Gasteiger partial charge in [-0.3, -0.25) is 9.59 Å². The van der Waals surface area contributed by atoms with Crippen LogP contribution in [-0.2, 0) is 19.1 Å². The molecule has 2 N–H and O–H groups in total. The van der Waals surface area contributed by atoms with Crippen molar-refractivity contribution in [2.45, 2.75) is 155 Å². The normalized spacial score (nSPS) is 13.7. The van der Waals surface area contributed by atoms with Crippen molar-refractivity contribution < 1.29 is 29.3 Å². The predicted octanol–water partition coefficient (Wildman–Crippen LogP) is 9.66. The first-order valence-corrected chi connectivity index (χ1v) is 17.8. The molecule has 0 fully saturated rings. The Morgan fingerprint density at radius 1 is 0.689 bits per heavy atom. The number of ether oxygens (including phenoxy) is 2. The van der Waals surface area contributed by atoms with E-state index in [9.17, 15) is 19.8 Å². The highest BCUT2D eigenvalue weighted by atomic mass is 16.6. The SMILES string of the molecule is CC/C=C\C(O)C/C=C/C=C\C/C=C\C/C=C\CCCC(=O)O[C@@H](CO)COC(=O)CCCCCCCCCCCCC(C)C. The molecule has 0 aliphatic carbocycles. The molecule has 0 aromatic rings. The molecule has 0 spiro atoms. The Balaban J connectivity index is 3.75. The summed E-state index contributed by atoms with van der Waals surface area (Å²) in [6.07, 6.45) is 37.7. The molecule has 0 saturated heterocycles. The summed E-state index contributed by atoms with van der Waals surface area (Å²) in [5.41, 5.74) is 0. The second-order valence-electron chi connectivity index (χ2n) is 12.2. The van der Waals surface area contributed by atoms with Crippen LogP contribution >= 0.6 is 0 Å². The van der Waals surface area contributed by atoms with E-state index in [2.05, 4.69) is 44.2 Å². The molecule has 6 heteroatoms. The molecule has 2 atom stereocenters. The average molecular weight is 631 g/mol. The maximum absolute atomic E-state index is 12.1. The van der Waals surface area contributed by atoms with Gasteiger partial charge in [-0.05, 0) is 50.9 Å². The molecule has 1 unspecified atom stereocenters. The van der Waals surface area contributed by atoms with E-state index >= 15 is 0 Å². The average Bonchev–Trinajstić information content (AvgIpc) is 3.02. The van der Waals surface area contributed by atoms with E-state index in [1.807, 2.05) is 37.3 Å². The molecule has 0 aliphatic heterocycles. The summed E-state index contributed by atoms with van der Waals surface area (Å²) in [6.45, 7) is 6.16. The Bertz CT molecular complexity index is 838. The van der Waals surface area contributed by atoms with Crippen LogP contribution in [0.3, 0.4) is 0 Å². The molecular weight excluding hydrogens is 564 g/mol. The maximum Gasteiger partial charge on any atom is 0.306 e. The van der Waals surface area contributed by atoms with E-state index in [1.165, 1.54) is 51.4 Å². The molecule has 0 heterocycles. The number of unbranched alkanes of at least 4 members (excludes halogenated alkanes) is 10. The van der Waals surface area contributed by atoms with Crippen molar-refractivity contribution in [1.82, 2.24) is 0 Å². The number of hydrogen-bond acceptors (Lipinski definition) is 6. The summed E-state index contributed by atoms with van der Waals surface area (Å²) in [6, 6.07) is 0. The number of rotatable bonds is 30. The van der Waals surface area contributed by atoms with E-state index in [4.69, 9.17) is 9.47 Å². The summed E-state index contributed by atoms with van der Waals surface area (Å²) < 4.78 is 10.5. The molecule has 258 valence electrons. The first-order valence-electron chi connectivity index (χ1n) is 17.8. The molecule has 0 aliphatic rings. The first-order chi connectivity index (χ1) is 21.9. The minimum atomic E-state index is -0.813. The number of carbonyl (C=O) groups excluding carboxylic acids is 2. The van der Waals surface area contributed by atoms with E-state index in [0.29, 0.717) is 19.3 Å². The lowest BCUT2D eigenvalue weighted by Gasteiger charge is -2.15. The zero-order valence-corrected chi connectivity index (χ0v) is 28.9. The zero-order valence-electron chi connectivity index (χ0n) is 28.9. The van der Waals surface area contributed by atoms with Crippen LogP contribution in [0.15, 0.2) is 60.8 Å². The largest absolute Gasteiger partial charge is 0.462 e. The molecule has 0 bridgehead atoms. The molecule has 0 aromatic heterocycles. The van der Waals surface area contributed by atoms with Gasteiger partial charge < -0.3 is 19.7 Å². The van der Waals surface area contributed by atoms with Gasteiger partial charge in [-0.25, -0.2) is 0 Å². The standard InChI is InChI=1S/C39H66O6/c1-4-5-29-36(41)30-25-21-17-13-8-6-7-9-15-19-23-27-32-39(43)45-37(33-40)34-44-38(42)31-26-22-18-14-11-10-12-16-20-24-28-35(2)3/h5-7,13,15,17,19,21,25,29,35-37,40-41H,4,8-12,14,16,18,20,22-24,26-28,30-34H2,1-3H3/b7-6-,17-13-,19-15-,25-21+,29-5-/t36?,37-/m0/s1. The van der Waals surface area contributed by atoms with Crippen molar-refractivity contribution in [2.75, 3.05) is 13.2 Å².